The Morgan fingerprint density at radius 2 is 1.59 bits per heavy atom. The third-order valence-corrected chi connectivity index (χ3v) is 5.54. The van der Waals surface area contributed by atoms with Crippen LogP contribution in [-0.2, 0) is 9.53 Å². The predicted molar refractivity (Wildman–Crippen MR) is 121 cm³/mol. The van der Waals surface area contributed by atoms with Gasteiger partial charge in [0.25, 0.3) is 5.91 Å². The Hall–Kier alpha value is -4.24. The molecule has 4 rings (SSSR count). The quantitative estimate of drug-likeness (QED) is 0.425. The minimum absolute atomic E-state index is 0.0433. The molecule has 9 heteroatoms. The van der Waals surface area contributed by atoms with Gasteiger partial charge in [0.15, 0.2) is 6.04 Å². The normalized spacial score (nSPS) is 12.9. The van der Waals surface area contributed by atoms with Gasteiger partial charge in [-0.05, 0) is 40.5 Å². The van der Waals surface area contributed by atoms with Crippen molar-refractivity contribution < 1.29 is 33.7 Å². The van der Waals surface area contributed by atoms with Gasteiger partial charge in [0.2, 0.25) is 0 Å². The number of hydrogen-bond donors (Lipinski definition) is 4. The molecule has 0 fully saturated rings. The Morgan fingerprint density at radius 1 is 0.971 bits per heavy atom. The molecule has 2 amide bonds. The van der Waals surface area contributed by atoms with E-state index in [4.69, 9.17) is 14.9 Å². The van der Waals surface area contributed by atoms with Crippen LogP contribution in [0.4, 0.5) is 14.9 Å². The Kier molecular flexibility index (Phi) is 6.55. The van der Waals surface area contributed by atoms with Crippen LogP contribution in [0.3, 0.4) is 0 Å². The summed E-state index contributed by atoms with van der Waals surface area (Å²) in [5, 5.41) is 22.5. The van der Waals surface area contributed by atoms with Crippen LogP contribution in [0.1, 0.15) is 27.4 Å². The molecular weight excluding hydrogens is 443 g/mol. The molecule has 1 aliphatic carbocycles. The lowest BCUT2D eigenvalue weighted by atomic mass is 9.98. The molecule has 34 heavy (non-hydrogen) atoms. The van der Waals surface area contributed by atoms with Crippen molar-refractivity contribution >= 4 is 23.7 Å². The zero-order valence-corrected chi connectivity index (χ0v) is 17.8. The van der Waals surface area contributed by atoms with Crippen LogP contribution < -0.4 is 10.6 Å². The molecule has 1 aliphatic rings. The van der Waals surface area contributed by atoms with Crippen molar-refractivity contribution in [3.05, 3.63) is 89.2 Å². The molecule has 0 unspecified atom stereocenters. The van der Waals surface area contributed by atoms with Crippen molar-refractivity contribution in [1.82, 2.24) is 5.32 Å². The molecule has 0 saturated carbocycles. The van der Waals surface area contributed by atoms with E-state index in [-0.39, 0.29) is 23.8 Å². The molecule has 174 valence electrons. The topological polar surface area (TPSA) is 125 Å². The number of carboxylic acids is 1. The number of aliphatic hydroxyl groups excluding tert-OH is 1. The fourth-order valence-corrected chi connectivity index (χ4v) is 3.97. The van der Waals surface area contributed by atoms with Gasteiger partial charge in [0, 0.05) is 17.2 Å². The average molecular weight is 464 g/mol. The minimum atomic E-state index is -1.55. The number of anilines is 1. The number of amides is 2. The van der Waals surface area contributed by atoms with Gasteiger partial charge in [-0.3, -0.25) is 10.1 Å². The van der Waals surface area contributed by atoms with E-state index >= 15 is 0 Å². The molecule has 4 N–H and O–H groups in total. The zero-order chi connectivity index (χ0) is 24.2. The molecule has 0 aliphatic heterocycles. The third-order valence-electron chi connectivity index (χ3n) is 5.54. The number of hydrogen-bond acceptors (Lipinski definition) is 5. The number of carbonyl (C=O) groups is 3. The number of carbonyl (C=O) groups excluding carboxylic acids is 2. The predicted octanol–water partition coefficient (Wildman–Crippen LogP) is 3.36. The maximum Gasteiger partial charge on any atom is 0.411 e. The number of aliphatic carboxylic acids is 1. The molecule has 0 aromatic heterocycles. The van der Waals surface area contributed by atoms with Gasteiger partial charge < -0.3 is 20.3 Å². The third kappa shape index (κ3) is 4.74. The summed E-state index contributed by atoms with van der Waals surface area (Å²) in [5.74, 6) is -3.34. The van der Waals surface area contributed by atoms with Gasteiger partial charge in [0.1, 0.15) is 12.4 Å². The number of nitrogens with one attached hydrogen (secondary N) is 2. The summed E-state index contributed by atoms with van der Waals surface area (Å²) in [6.45, 7) is -0.777. The lowest BCUT2D eigenvalue weighted by Gasteiger charge is -2.15. The highest BCUT2D eigenvalue weighted by molar-refractivity contribution is 5.98. The molecule has 0 heterocycles. The van der Waals surface area contributed by atoms with Crippen molar-refractivity contribution in [2.45, 2.75) is 12.0 Å². The van der Waals surface area contributed by atoms with E-state index < -0.39 is 36.4 Å². The molecule has 0 spiro atoms. The molecule has 3 aromatic rings. The van der Waals surface area contributed by atoms with Crippen molar-refractivity contribution in [3.8, 4) is 11.1 Å². The lowest BCUT2D eigenvalue weighted by Crippen LogP contribution is -2.43. The first-order chi connectivity index (χ1) is 16.4. The zero-order valence-electron chi connectivity index (χ0n) is 17.8. The van der Waals surface area contributed by atoms with Gasteiger partial charge in [-0.2, -0.15) is 0 Å². The van der Waals surface area contributed by atoms with E-state index in [2.05, 4.69) is 10.6 Å². The maximum absolute atomic E-state index is 14.0. The van der Waals surface area contributed by atoms with Gasteiger partial charge >= 0.3 is 12.1 Å². The summed E-state index contributed by atoms with van der Waals surface area (Å²) >= 11 is 0. The Morgan fingerprint density at radius 3 is 2.18 bits per heavy atom. The van der Waals surface area contributed by atoms with Crippen LogP contribution in [0.25, 0.3) is 11.1 Å². The average Bonchev–Trinajstić information content (AvgIpc) is 3.14. The molecule has 8 nitrogen and oxygen atoms in total. The van der Waals surface area contributed by atoms with E-state index in [0.29, 0.717) is 0 Å². The van der Waals surface area contributed by atoms with E-state index in [9.17, 15) is 18.8 Å². The van der Waals surface area contributed by atoms with E-state index in [1.807, 2.05) is 48.5 Å². The van der Waals surface area contributed by atoms with Crippen LogP contribution >= 0.6 is 0 Å². The fourth-order valence-electron chi connectivity index (χ4n) is 3.97. The molecule has 0 bridgehead atoms. The number of halogens is 1. The molecule has 3 aromatic carbocycles. The molecular formula is C25H21FN2O6. The summed E-state index contributed by atoms with van der Waals surface area (Å²) in [6.07, 6.45) is -0.836. The standard InChI is InChI=1S/C25H21FN2O6/c26-15-9-14(23(30)28-22(12-29)24(31)32)10-16(11-15)27-25(33)34-13-21-19-7-3-1-5-17(19)18-6-2-4-8-20(18)21/h1-11,21-22,29H,12-13H2,(H,27,33)(H,28,30)(H,31,32)/t22-/m1/s1. The first-order valence-electron chi connectivity index (χ1n) is 10.4. The number of ether oxygens (including phenoxy) is 1. The number of benzene rings is 3. The number of carboxylic acid groups (broad SMARTS) is 1. The minimum Gasteiger partial charge on any atom is -0.480 e. The summed E-state index contributed by atoms with van der Waals surface area (Å²) < 4.78 is 19.5. The Balaban J connectivity index is 1.44. The number of fused-ring (bicyclic) bond motifs is 3. The highest BCUT2D eigenvalue weighted by Crippen LogP contribution is 2.44. The molecule has 0 saturated heterocycles. The second-order valence-electron chi connectivity index (χ2n) is 7.73. The summed E-state index contributed by atoms with van der Waals surface area (Å²) in [5.41, 5.74) is 3.97. The Labute approximate surface area is 194 Å². The number of rotatable bonds is 7. The van der Waals surface area contributed by atoms with Gasteiger partial charge in [-0.15, -0.1) is 0 Å². The van der Waals surface area contributed by atoms with Gasteiger partial charge in [0.05, 0.1) is 6.61 Å². The highest BCUT2D eigenvalue weighted by Gasteiger charge is 2.29. The second-order valence-corrected chi connectivity index (χ2v) is 7.73. The van der Waals surface area contributed by atoms with Gasteiger partial charge in [-0.25, -0.2) is 14.0 Å². The van der Waals surface area contributed by atoms with Crippen molar-refractivity contribution in [2.75, 3.05) is 18.5 Å². The van der Waals surface area contributed by atoms with Crippen LogP contribution in [0.15, 0.2) is 66.7 Å². The van der Waals surface area contributed by atoms with Crippen LogP contribution in [0.2, 0.25) is 0 Å². The lowest BCUT2D eigenvalue weighted by molar-refractivity contribution is -0.140. The summed E-state index contributed by atoms with van der Waals surface area (Å²) in [4.78, 5) is 35.7. The first-order valence-corrected chi connectivity index (χ1v) is 10.4. The van der Waals surface area contributed by atoms with E-state index in [1.54, 1.807) is 0 Å². The monoisotopic (exact) mass is 464 g/mol. The number of aliphatic hydroxyl groups is 1. The van der Waals surface area contributed by atoms with E-state index in [0.717, 1.165) is 34.4 Å². The van der Waals surface area contributed by atoms with Gasteiger partial charge in [-0.1, -0.05) is 48.5 Å². The smallest absolute Gasteiger partial charge is 0.411 e. The summed E-state index contributed by atoms with van der Waals surface area (Å²) in [7, 11) is 0. The highest BCUT2D eigenvalue weighted by atomic mass is 19.1. The van der Waals surface area contributed by atoms with Crippen LogP contribution in [-0.4, -0.2) is 47.4 Å². The first kappa shape index (κ1) is 22.9. The fraction of sp³-hybridized carbons (Fsp3) is 0.160. The second kappa shape index (κ2) is 9.72. The van der Waals surface area contributed by atoms with Crippen molar-refractivity contribution in [1.29, 1.82) is 0 Å². The largest absolute Gasteiger partial charge is 0.480 e. The molecule has 0 radical (unpaired) electrons. The summed E-state index contributed by atoms with van der Waals surface area (Å²) in [6, 6.07) is 17.2. The molecule has 1 atom stereocenters. The van der Waals surface area contributed by atoms with Crippen LogP contribution in [0.5, 0.6) is 0 Å². The Bertz CT molecular complexity index is 1220. The van der Waals surface area contributed by atoms with Crippen LogP contribution in [0, 0.1) is 5.82 Å². The van der Waals surface area contributed by atoms with Crippen molar-refractivity contribution in [2.24, 2.45) is 0 Å². The van der Waals surface area contributed by atoms with E-state index in [1.165, 1.54) is 6.07 Å². The SMILES string of the molecule is O=C(Nc1cc(F)cc(C(=O)N[C@H](CO)C(=O)O)c1)OCC1c2ccccc2-c2ccccc21. The van der Waals surface area contributed by atoms with Crippen molar-refractivity contribution in [3.63, 3.8) is 0 Å². The maximum atomic E-state index is 14.0.